The summed E-state index contributed by atoms with van der Waals surface area (Å²) in [7, 11) is 0. The Morgan fingerprint density at radius 2 is 1.89 bits per heavy atom. The van der Waals surface area contributed by atoms with Gasteiger partial charge in [0.1, 0.15) is 5.75 Å². The lowest BCUT2D eigenvalue weighted by atomic mass is 9.82. The van der Waals surface area contributed by atoms with E-state index in [2.05, 4.69) is 6.92 Å². The summed E-state index contributed by atoms with van der Waals surface area (Å²) < 4.78 is 5.67. The number of Topliss-reactive ketones (excluding diaryl/α,β-unsaturated/α-hetero) is 1. The molecule has 0 saturated carbocycles. The van der Waals surface area contributed by atoms with Gasteiger partial charge in [0.05, 0.1) is 6.61 Å². The first-order chi connectivity index (χ1) is 9.16. The van der Waals surface area contributed by atoms with Crippen LogP contribution in [0.2, 0.25) is 0 Å². The number of hydrogen-bond acceptors (Lipinski definition) is 2. The van der Waals surface area contributed by atoms with Crippen LogP contribution in [-0.4, -0.2) is 12.4 Å². The van der Waals surface area contributed by atoms with Crippen molar-refractivity contribution in [3.8, 4) is 5.75 Å². The van der Waals surface area contributed by atoms with Crippen LogP contribution in [0.1, 0.15) is 39.5 Å². The SMILES string of the molecule is CC1=C(C)C(=O)C[C@H](CCCOc2ccccc2)C1. The Bertz CT molecular complexity index is 459. The van der Waals surface area contributed by atoms with Crippen molar-refractivity contribution in [1.82, 2.24) is 0 Å². The Morgan fingerprint density at radius 1 is 1.16 bits per heavy atom. The molecule has 0 amide bonds. The second kappa shape index (κ2) is 6.55. The highest BCUT2D eigenvalue weighted by Crippen LogP contribution is 2.29. The minimum absolute atomic E-state index is 0.331. The second-order valence-electron chi connectivity index (χ2n) is 5.41. The Kier molecular flexibility index (Phi) is 4.78. The number of hydrogen-bond donors (Lipinski definition) is 0. The second-order valence-corrected chi connectivity index (χ2v) is 5.41. The molecule has 1 aliphatic rings. The predicted octanol–water partition coefficient (Wildman–Crippen LogP) is 4.16. The van der Waals surface area contributed by atoms with Crippen molar-refractivity contribution in [2.45, 2.75) is 39.5 Å². The first-order valence-electron chi connectivity index (χ1n) is 7.04. The van der Waals surface area contributed by atoms with Crippen molar-refractivity contribution < 1.29 is 9.53 Å². The average molecular weight is 258 g/mol. The molecule has 1 aliphatic carbocycles. The minimum atomic E-state index is 0.331. The van der Waals surface area contributed by atoms with Crippen LogP contribution >= 0.6 is 0 Å². The molecule has 0 heterocycles. The Labute approximate surface area is 115 Å². The van der Waals surface area contributed by atoms with Crippen LogP contribution < -0.4 is 4.74 Å². The van der Waals surface area contributed by atoms with Gasteiger partial charge in [0.2, 0.25) is 0 Å². The maximum absolute atomic E-state index is 11.8. The van der Waals surface area contributed by atoms with E-state index in [1.54, 1.807) is 0 Å². The molecule has 1 aromatic rings. The van der Waals surface area contributed by atoms with Gasteiger partial charge >= 0.3 is 0 Å². The molecular formula is C17H22O2. The van der Waals surface area contributed by atoms with Crippen LogP contribution in [0.5, 0.6) is 5.75 Å². The van der Waals surface area contributed by atoms with Crippen LogP contribution in [0, 0.1) is 5.92 Å². The van der Waals surface area contributed by atoms with Crippen LogP contribution in [0.25, 0.3) is 0 Å². The van der Waals surface area contributed by atoms with Crippen molar-refractivity contribution in [2.75, 3.05) is 6.61 Å². The largest absolute Gasteiger partial charge is 0.494 e. The zero-order valence-electron chi connectivity index (χ0n) is 11.8. The van der Waals surface area contributed by atoms with Crippen LogP contribution in [0.3, 0.4) is 0 Å². The third-order valence-corrected chi connectivity index (χ3v) is 3.90. The van der Waals surface area contributed by atoms with E-state index in [1.807, 2.05) is 37.3 Å². The fraction of sp³-hybridized carbons (Fsp3) is 0.471. The molecule has 0 radical (unpaired) electrons. The molecular weight excluding hydrogens is 236 g/mol. The molecule has 2 rings (SSSR count). The molecule has 0 unspecified atom stereocenters. The number of carbonyl (C=O) groups is 1. The van der Waals surface area contributed by atoms with Crippen molar-refractivity contribution in [2.24, 2.45) is 5.92 Å². The lowest BCUT2D eigenvalue weighted by Gasteiger charge is -2.23. The smallest absolute Gasteiger partial charge is 0.158 e. The van der Waals surface area contributed by atoms with Gasteiger partial charge < -0.3 is 4.74 Å². The number of benzene rings is 1. The van der Waals surface area contributed by atoms with E-state index in [9.17, 15) is 4.79 Å². The Balaban J connectivity index is 1.71. The van der Waals surface area contributed by atoms with E-state index in [-0.39, 0.29) is 0 Å². The summed E-state index contributed by atoms with van der Waals surface area (Å²) in [5, 5.41) is 0. The number of rotatable bonds is 5. The number of ether oxygens (including phenoxy) is 1. The maximum atomic E-state index is 11.8. The summed E-state index contributed by atoms with van der Waals surface area (Å²) in [5.74, 6) is 1.77. The molecule has 0 fully saturated rings. The van der Waals surface area contributed by atoms with Gasteiger partial charge in [0.15, 0.2) is 5.78 Å². The summed E-state index contributed by atoms with van der Waals surface area (Å²) in [6, 6.07) is 9.89. The molecule has 0 aromatic heterocycles. The molecule has 1 aromatic carbocycles. The average Bonchev–Trinajstić information content (AvgIpc) is 2.42. The predicted molar refractivity (Wildman–Crippen MR) is 77.3 cm³/mol. The summed E-state index contributed by atoms with van der Waals surface area (Å²) in [5.41, 5.74) is 2.25. The molecule has 2 nitrogen and oxygen atoms in total. The monoisotopic (exact) mass is 258 g/mol. The van der Waals surface area contributed by atoms with E-state index in [0.717, 1.165) is 37.2 Å². The molecule has 1 atom stereocenters. The molecule has 0 N–H and O–H groups in total. The van der Waals surface area contributed by atoms with Gasteiger partial charge in [-0.15, -0.1) is 0 Å². The highest BCUT2D eigenvalue weighted by molar-refractivity contribution is 5.96. The lowest BCUT2D eigenvalue weighted by Crippen LogP contribution is -2.17. The van der Waals surface area contributed by atoms with E-state index in [4.69, 9.17) is 4.74 Å². The quantitative estimate of drug-likeness (QED) is 0.741. The number of carbonyl (C=O) groups excluding carboxylic acids is 1. The van der Waals surface area contributed by atoms with Gasteiger partial charge in [-0.05, 0) is 56.7 Å². The van der Waals surface area contributed by atoms with Gasteiger partial charge in [0.25, 0.3) is 0 Å². The zero-order chi connectivity index (χ0) is 13.7. The molecule has 0 bridgehead atoms. The Hall–Kier alpha value is -1.57. The van der Waals surface area contributed by atoms with Crippen LogP contribution in [0.4, 0.5) is 0 Å². The summed E-state index contributed by atoms with van der Waals surface area (Å²) in [4.78, 5) is 11.8. The highest BCUT2D eigenvalue weighted by atomic mass is 16.5. The topological polar surface area (TPSA) is 26.3 Å². The van der Waals surface area contributed by atoms with E-state index >= 15 is 0 Å². The molecule has 0 spiro atoms. The van der Waals surface area contributed by atoms with Gasteiger partial charge in [-0.3, -0.25) is 4.79 Å². The van der Waals surface area contributed by atoms with Gasteiger partial charge in [-0.1, -0.05) is 23.8 Å². The minimum Gasteiger partial charge on any atom is -0.494 e. The molecule has 0 aliphatic heterocycles. The number of ketones is 1. The molecule has 19 heavy (non-hydrogen) atoms. The van der Waals surface area contributed by atoms with Crippen molar-refractivity contribution in [1.29, 1.82) is 0 Å². The number of para-hydroxylation sites is 1. The molecule has 2 heteroatoms. The van der Waals surface area contributed by atoms with Crippen LogP contribution in [-0.2, 0) is 4.79 Å². The van der Waals surface area contributed by atoms with Gasteiger partial charge in [-0.25, -0.2) is 0 Å². The maximum Gasteiger partial charge on any atom is 0.158 e. The normalized spacial score (nSPS) is 19.7. The fourth-order valence-corrected chi connectivity index (χ4v) is 2.59. The van der Waals surface area contributed by atoms with Crippen LogP contribution in [0.15, 0.2) is 41.5 Å². The third kappa shape index (κ3) is 3.95. The summed E-state index contributed by atoms with van der Waals surface area (Å²) in [6.45, 7) is 4.77. The van der Waals surface area contributed by atoms with Gasteiger partial charge in [0, 0.05) is 6.42 Å². The summed E-state index contributed by atoms with van der Waals surface area (Å²) >= 11 is 0. The number of allylic oxidation sites excluding steroid dienone is 2. The van der Waals surface area contributed by atoms with E-state index in [0.29, 0.717) is 18.1 Å². The first-order valence-corrected chi connectivity index (χ1v) is 7.04. The zero-order valence-corrected chi connectivity index (χ0v) is 11.8. The first kappa shape index (κ1) is 13.9. The standard InChI is InChI=1S/C17H22O2/c1-13-11-15(12-17(18)14(13)2)7-6-10-19-16-8-4-3-5-9-16/h3-5,8-9,15H,6-7,10-12H2,1-2H3/t15-/m1/s1. The molecule has 0 saturated heterocycles. The highest BCUT2D eigenvalue weighted by Gasteiger charge is 2.22. The van der Waals surface area contributed by atoms with E-state index < -0.39 is 0 Å². The Morgan fingerprint density at radius 3 is 2.58 bits per heavy atom. The van der Waals surface area contributed by atoms with Crippen molar-refractivity contribution >= 4 is 5.78 Å². The lowest BCUT2D eigenvalue weighted by molar-refractivity contribution is -0.117. The fourth-order valence-electron chi connectivity index (χ4n) is 2.59. The van der Waals surface area contributed by atoms with Crippen molar-refractivity contribution in [3.05, 3.63) is 41.5 Å². The third-order valence-electron chi connectivity index (χ3n) is 3.90. The van der Waals surface area contributed by atoms with Crippen molar-refractivity contribution in [3.63, 3.8) is 0 Å². The van der Waals surface area contributed by atoms with Gasteiger partial charge in [-0.2, -0.15) is 0 Å². The van der Waals surface area contributed by atoms with E-state index in [1.165, 1.54) is 5.57 Å². The molecule has 102 valence electrons. The summed E-state index contributed by atoms with van der Waals surface area (Å²) in [6.07, 6.45) is 3.87.